The Hall–Kier alpha value is -0.0900. The van der Waals surface area contributed by atoms with Gasteiger partial charge in [-0.25, -0.2) is 0 Å². The van der Waals surface area contributed by atoms with E-state index in [0.717, 1.165) is 3.57 Å². The van der Waals surface area contributed by atoms with Crippen molar-refractivity contribution in [3.05, 3.63) is 24.8 Å². The number of phenols is 1. The van der Waals surface area contributed by atoms with Crippen LogP contribution in [0, 0.1) is 13.1 Å². The Morgan fingerprint density at radius 2 is 2.00 bits per heavy atom. The number of rotatable bonds is 5. The normalized spacial score (nSPS) is 12.5. The minimum absolute atomic E-state index is 0.00465. The molecule has 3 N–H and O–H groups in total. The third kappa shape index (κ3) is 4.75. The molecule has 1 amide bonds. The van der Waals surface area contributed by atoms with Crippen LogP contribution in [-0.2, 0) is 0 Å². The van der Waals surface area contributed by atoms with Gasteiger partial charge in [0.25, 0.3) is 5.91 Å². The highest BCUT2D eigenvalue weighted by Gasteiger charge is 2.20. The first-order chi connectivity index (χ1) is 8.86. The van der Waals surface area contributed by atoms with Gasteiger partial charge >= 0.3 is 0 Å². The summed E-state index contributed by atoms with van der Waals surface area (Å²) in [5.74, 6) is -0.0776. The van der Waals surface area contributed by atoms with Gasteiger partial charge in [-0.1, -0.05) is 13.8 Å². The van der Waals surface area contributed by atoms with Crippen LogP contribution >= 0.6 is 45.2 Å². The lowest BCUT2D eigenvalue weighted by molar-refractivity contribution is 0.0913. The Morgan fingerprint density at radius 3 is 2.53 bits per heavy atom. The van der Waals surface area contributed by atoms with Gasteiger partial charge in [0, 0.05) is 16.2 Å². The number of carbonyl (C=O) groups excluding carboxylic acids is 1. The highest BCUT2D eigenvalue weighted by molar-refractivity contribution is 14.1. The first kappa shape index (κ1) is 17.0. The molecular formula is C13H17I2NO3. The molecule has 106 valence electrons. The van der Waals surface area contributed by atoms with Crippen LogP contribution in [0.2, 0.25) is 0 Å². The maximum Gasteiger partial charge on any atom is 0.255 e. The van der Waals surface area contributed by atoms with Crippen molar-refractivity contribution in [2.45, 2.75) is 26.3 Å². The van der Waals surface area contributed by atoms with Crippen molar-refractivity contribution >= 4 is 51.1 Å². The quantitative estimate of drug-likeness (QED) is 0.558. The molecule has 19 heavy (non-hydrogen) atoms. The summed E-state index contributed by atoms with van der Waals surface area (Å²) in [6.07, 6.45) is 0.505. The van der Waals surface area contributed by atoms with E-state index in [9.17, 15) is 9.90 Å². The van der Waals surface area contributed by atoms with Crippen LogP contribution in [0.3, 0.4) is 0 Å². The molecule has 0 heterocycles. The Kier molecular flexibility index (Phi) is 6.81. The first-order valence-electron chi connectivity index (χ1n) is 5.96. The molecule has 1 unspecified atom stereocenters. The van der Waals surface area contributed by atoms with Crippen LogP contribution in [0.5, 0.6) is 5.75 Å². The molecule has 0 bridgehead atoms. The lowest BCUT2D eigenvalue weighted by atomic mass is 10.0. The molecule has 0 aliphatic rings. The number of benzene rings is 1. The van der Waals surface area contributed by atoms with Crippen molar-refractivity contribution in [1.82, 2.24) is 5.32 Å². The molecule has 4 nitrogen and oxygen atoms in total. The van der Waals surface area contributed by atoms with Crippen LogP contribution in [0.25, 0.3) is 0 Å². The number of halogens is 2. The molecule has 0 fully saturated rings. The van der Waals surface area contributed by atoms with Gasteiger partial charge in [0.05, 0.1) is 9.13 Å². The average molecular weight is 489 g/mol. The van der Waals surface area contributed by atoms with Crippen LogP contribution in [0.1, 0.15) is 30.6 Å². The number of amides is 1. The molecule has 6 heteroatoms. The second kappa shape index (κ2) is 7.63. The molecule has 0 saturated heterocycles. The molecule has 0 radical (unpaired) electrons. The Morgan fingerprint density at radius 1 is 1.37 bits per heavy atom. The van der Waals surface area contributed by atoms with Crippen molar-refractivity contribution in [3.63, 3.8) is 0 Å². The lowest BCUT2D eigenvalue weighted by Crippen LogP contribution is -2.39. The smallest absolute Gasteiger partial charge is 0.255 e. The number of hydrogen-bond donors (Lipinski definition) is 3. The average Bonchev–Trinajstić information content (AvgIpc) is 2.32. The third-order valence-corrected chi connectivity index (χ3v) is 4.28. The maximum absolute atomic E-state index is 12.2. The number of aliphatic hydroxyl groups excluding tert-OH is 1. The molecule has 0 aliphatic carbocycles. The summed E-state index contributed by atoms with van der Waals surface area (Å²) >= 11 is 4.11. The summed E-state index contributed by atoms with van der Waals surface area (Å²) in [5, 5.41) is 21.8. The second-order valence-electron chi connectivity index (χ2n) is 4.62. The van der Waals surface area contributed by atoms with Crippen LogP contribution in [-0.4, -0.2) is 28.8 Å². The van der Waals surface area contributed by atoms with Gasteiger partial charge in [-0.2, -0.15) is 0 Å². The largest absolute Gasteiger partial charge is 0.506 e. The highest BCUT2D eigenvalue weighted by atomic mass is 127. The fourth-order valence-electron chi connectivity index (χ4n) is 1.70. The van der Waals surface area contributed by atoms with E-state index >= 15 is 0 Å². The summed E-state index contributed by atoms with van der Waals surface area (Å²) in [6.45, 7) is 4.00. The van der Waals surface area contributed by atoms with Crippen molar-refractivity contribution < 1.29 is 15.0 Å². The van der Waals surface area contributed by atoms with Gasteiger partial charge in [-0.3, -0.25) is 4.79 Å². The van der Waals surface area contributed by atoms with Crippen molar-refractivity contribution in [1.29, 1.82) is 0 Å². The minimum Gasteiger partial charge on any atom is -0.506 e. The monoisotopic (exact) mass is 489 g/mol. The van der Waals surface area contributed by atoms with E-state index in [1.807, 2.05) is 36.4 Å². The van der Waals surface area contributed by atoms with Gasteiger partial charge < -0.3 is 15.5 Å². The van der Waals surface area contributed by atoms with Gasteiger partial charge in [0.15, 0.2) is 0 Å². The molecule has 1 aromatic carbocycles. The molecule has 0 saturated carbocycles. The number of aliphatic hydroxyl groups is 1. The number of phenolic OH excluding ortho intramolecular Hbond substituents is 1. The van der Waals surface area contributed by atoms with E-state index in [1.54, 1.807) is 12.1 Å². The predicted molar refractivity (Wildman–Crippen MR) is 91.3 cm³/mol. The zero-order valence-electron chi connectivity index (χ0n) is 10.8. The van der Waals surface area contributed by atoms with Crippen molar-refractivity contribution in [2.75, 3.05) is 6.61 Å². The molecule has 1 atom stereocenters. The van der Waals surface area contributed by atoms with E-state index in [2.05, 4.69) is 27.9 Å². The van der Waals surface area contributed by atoms with E-state index in [0.29, 0.717) is 9.99 Å². The molecule has 1 rings (SSSR count). The van der Waals surface area contributed by atoms with Crippen LogP contribution < -0.4 is 5.32 Å². The van der Waals surface area contributed by atoms with E-state index < -0.39 is 0 Å². The fourth-order valence-corrected chi connectivity index (χ4v) is 3.54. The summed E-state index contributed by atoms with van der Waals surface area (Å²) in [4.78, 5) is 12.2. The SMILES string of the molecule is CC(C)C(CCO)NC(=O)c1cc(I)cc(I)c1O. The van der Waals surface area contributed by atoms with Crippen molar-refractivity contribution in [2.24, 2.45) is 5.92 Å². The number of carbonyl (C=O) groups is 1. The molecule has 0 aromatic heterocycles. The fraction of sp³-hybridized carbons (Fsp3) is 0.462. The topological polar surface area (TPSA) is 69.6 Å². The third-order valence-electron chi connectivity index (χ3n) is 2.83. The van der Waals surface area contributed by atoms with E-state index in [4.69, 9.17) is 5.11 Å². The number of hydrogen-bond acceptors (Lipinski definition) is 3. The predicted octanol–water partition coefficient (Wildman–Crippen LogP) is 2.74. The molecule has 0 spiro atoms. The van der Waals surface area contributed by atoms with Crippen LogP contribution in [0.15, 0.2) is 12.1 Å². The zero-order valence-corrected chi connectivity index (χ0v) is 15.1. The zero-order chi connectivity index (χ0) is 14.6. The molecule has 1 aromatic rings. The standard InChI is InChI=1S/C13H17I2NO3/c1-7(2)11(3-4-17)16-13(19)9-5-8(14)6-10(15)12(9)18/h5-7,11,17-18H,3-4H2,1-2H3,(H,16,19). The van der Waals surface area contributed by atoms with Gasteiger partial charge in [-0.15, -0.1) is 0 Å². The summed E-state index contributed by atoms with van der Waals surface area (Å²) in [7, 11) is 0. The second-order valence-corrected chi connectivity index (χ2v) is 7.03. The lowest BCUT2D eigenvalue weighted by Gasteiger charge is -2.22. The van der Waals surface area contributed by atoms with E-state index in [-0.39, 0.29) is 35.8 Å². The minimum atomic E-state index is -0.305. The van der Waals surface area contributed by atoms with Gasteiger partial charge in [0.2, 0.25) is 0 Å². The summed E-state index contributed by atoms with van der Waals surface area (Å²) in [6, 6.07) is 3.36. The Labute approximate surface area is 140 Å². The molecule has 0 aliphatic heterocycles. The molecular weight excluding hydrogens is 472 g/mol. The Bertz CT molecular complexity index is 463. The highest BCUT2D eigenvalue weighted by Crippen LogP contribution is 2.27. The van der Waals surface area contributed by atoms with Gasteiger partial charge in [0.1, 0.15) is 5.75 Å². The summed E-state index contributed by atoms with van der Waals surface area (Å²) in [5.41, 5.74) is 0.278. The number of aromatic hydroxyl groups is 1. The maximum atomic E-state index is 12.2. The van der Waals surface area contributed by atoms with Gasteiger partial charge in [-0.05, 0) is 69.7 Å². The Balaban J connectivity index is 2.94. The van der Waals surface area contributed by atoms with E-state index in [1.165, 1.54) is 0 Å². The summed E-state index contributed by atoms with van der Waals surface area (Å²) < 4.78 is 1.55. The van der Waals surface area contributed by atoms with Crippen molar-refractivity contribution in [3.8, 4) is 5.75 Å². The number of nitrogens with one attached hydrogen (secondary N) is 1. The van der Waals surface area contributed by atoms with Crippen LogP contribution in [0.4, 0.5) is 0 Å². The first-order valence-corrected chi connectivity index (χ1v) is 8.12.